The lowest BCUT2D eigenvalue weighted by Gasteiger charge is -2.31. The topological polar surface area (TPSA) is 75.6 Å². The monoisotopic (exact) mass is 481 g/mol. The summed E-state index contributed by atoms with van der Waals surface area (Å²) in [7, 11) is -5.70. The molecule has 0 aliphatic carbocycles. The lowest BCUT2D eigenvalue weighted by Crippen LogP contribution is -2.30. The summed E-state index contributed by atoms with van der Waals surface area (Å²) in [5.41, 5.74) is -4.33. The van der Waals surface area contributed by atoms with Crippen LogP contribution in [0.5, 0.6) is 5.75 Å². The third-order valence-electron chi connectivity index (χ3n) is 5.41. The Hall–Kier alpha value is -3.11. The second-order valence-corrected chi connectivity index (χ2v) is 9.37. The number of hydrogen-bond donors (Lipinski definition) is 2. The molecule has 3 aromatic carbocycles. The fourth-order valence-corrected chi connectivity index (χ4v) is 4.33. The van der Waals surface area contributed by atoms with E-state index in [0.29, 0.717) is 17.7 Å². The van der Waals surface area contributed by atoms with Crippen molar-refractivity contribution in [2.45, 2.75) is 18.0 Å². The fraction of sp³-hybridized carbons (Fsp3) is 0.217. The molecule has 0 saturated carbocycles. The van der Waals surface area contributed by atoms with Crippen molar-refractivity contribution in [2.75, 3.05) is 11.3 Å². The van der Waals surface area contributed by atoms with Crippen molar-refractivity contribution in [3.05, 3.63) is 83.7 Å². The highest BCUT2D eigenvalue weighted by molar-refractivity contribution is 7.93. The van der Waals surface area contributed by atoms with Gasteiger partial charge in [0.05, 0.1) is 18.4 Å². The summed E-state index contributed by atoms with van der Waals surface area (Å²) in [6.45, 7) is 0.198. The SMILES string of the molecule is O=S(=O)(Nc1ccc(F)cc1-c1ccc2c(c1)OC[C@H](Cc1ccccc1)[C@H]2O)C(F)(F)F. The van der Waals surface area contributed by atoms with Crippen LogP contribution in [0.4, 0.5) is 23.2 Å². The zero-order valence-electron chi connectivity index (χ0n) is 17.0. The Morgan fingerprint density at radius 2 is 1.76 bits per heavy atom. The van der Waals surface area contributed by atoms with E-state index in [1.165, 1.54) is 16.9 Å². The van der Waals surface area contributed by atoms with Crippen molar-refractivity contribution in [2.24, 2.45) is 5.92 Å². The second-order valence-electron chi connectivity index (χ2n) is 7.70. The highest BCUT2D eigenvalue weighted by atomic mass is 32.2. The van der Waals surface area contributed by atoms with Crippen LogP contribution < -0.4 is 9.46 Å². The Morgan fingerprint density at radius 3 is 2.45 bits per heavy atom. The van der Waals surface area contributed by atoms with Crippen molar-refractivity contribution in [3.63, 3.8) is 0 Å². The number of nitrogens with one attached hydrogen (secondary N) is 1. The third kappa shape index (κ3) is 4.81. The molecule has 4 rings (SSSR count). The van der Waals surface area contributed by atoms with E-state index in [9.17, 15) is 31.1 Å². The van der Waals surface area contributed by atoms with Crippen LogP contribution in [-0.2, 0) is 16.4 Å². The van der Waals surface area contributed by atoms with Gasteiger partial charge in [0.25, 0.3) is 0 Å². The summed E-state index contributed by atoms with van der Waals surface area (Å²) in [4.78, 5) is 0. The van der Waals surface area contributed by atoms with E-state index in [-0.39, 0.29) is 23.7 Å². The van der Waals surface area contributed by atoms with E-state index in [1.54, 1.807) is 6.07 Å². The average molecular weight is 481 g/mol. The van der Waals surface area contributed by atoms with Crippen molar-refractivity contribution in [1.82, 2.24) is 0 Å². The van der Waals surface area contributed by atoms with E-state index < -0.39 is 33.1 Å². The predicted octanol–water partition coefficient (Wildman–Crippen LogP) is 5.04. The Kier molecular flexibility index (Phi) is 6.06. The first-order valence-corrected chi connectivity index (χ1v) is 11.4. The molecule has 0 saturated heterocycles. The first-order chi connectivity index (χ1) is 15.5. The van der Waals surface area contributed by atoms with Gasteiger partial charge < -0.3 is 9.84 Å². The summed E-state index contributed by atoms with van der Waals surface area (Å²) in [6.07, 6.45) is -0.269. The van der Waals surface area contributed by atoms with Gasteiger partial charge >= 0.3 is 15.5 Å². The zero-order chi connectivity index (χ0) is 23.8. The molecule has 5 nitrogen and oxygen atoms in total. The summed E-state index contributed by atoms with van der Waals surface area (Å²) in [5.74, 6) is -0.686. The van der Waals surface area contributed by atoms with Crippen LogP contribution in [0.25, 0.3) is 11.1 Å². The number of aliphatic hydroxyl groups excluding tert-OH is 1. The number of ether oxygens (including phenoxy) is 1. The van der Waals surface area contributed by atoms with Crippen LogP contribution in [0.3, 0.4) is 0 Å². The highest BCUT2D eigenvalue weighted by Gasteiger charge is 2.46. The fourth-order valence-electron chi connectivity index (χ4n) is 3.75. The van der Waals surface area contributed by atoms with Crippen molar-refractivity contribution in [3.8, 4) is 16.9 Å². The van der Waals surface area contributed by atoms with Gasteiger partial charge in [-0.25, -0.2) is 4.39 Å². The zero-order valence-corrected chi connectivity index (χ0v) is 17.8. The Balaban J connectivity index is 1.65. The minimum atomic E-state index is -5.70. The van der Waals surface area contributed by atoms with E-state index in [2.05, 4.69) is 0 Å². The largest absolute Gasteiger partial charge is 0.516 e. The van der Waals surface area contributed by atoms with Crippen LogP contribution in [0, 0.1) is 11.7 Å². The molecular weight excluding hydrogens is 462 g/mol. The van der Waals surface area contributed by atoms with E-state index in [0.717, 1.165) is 23.8 Å². The molecule has 0 bridgehead atoms. The molecule has 33 heavy (non-hydrogen) atoms. The lowest BCUT2D eigenvalue weighted by molar-refractivity contribution is -0.0429. The summed E-state index contributed by atoms with van der Waals surface area (Å²) >= 11 is 0. The number of alkyl halides is 3. The summed E-state index contributed by atoms with van der Waals surface area (Å²) in [6, 6.07) is 16.7. The molecule has 1 aliphatic rings. The van der Waals surface area contributed by atoms with E-state index in [1.807, 2.05) is 30.3 Å². The third-order valence-corrected chi connectivity index (χ3v) is 6.51. The van der Waals surface area contributed by atoms with Gasteiger partial charge in [0.2, 0.25) is 0 Å². The van der Waals surface area contributed by atoms with Gasteiger partial charge in [-0.15, -0.1) is 0 Å². The maximum atomic E-state index is 13.9. The number of sulfonamides is 1. The van der Waals surface area contributed by atoms with Gasteiger partial charge in [0.1, 0.15) is 11.6 Å². The van der Waals surface area contributed by atoms with Gasteiger partial charge in [0.15, 0.2) is 0 Å². The highest BCUT2D eigenvalue weighted by Crippen LogP contribution is 2.41. The quantitative estimate of drug-likeness (QED) is 0.501. The molecule has 0 amide bonds. The number of hydrogen-bond acceptors (Lipinski definition) is 4. The van der Waals surface area contributed by atoms with E-state index >= 15 is 0 Å². The Morgan fingerprint density at radius 1 is 1.03 bits per heavy atom. The second kappa shape index (κ2) is 8.68. The van der Waals surface area contributed by atoms with E-state index in [4.69, 9.17) is 4.74 Å². The minimum absolute atomic E-state index is 0.102. The number of anilines is 1. The average Bonchev–Trinajstić information content (AvgIpc) is 2.76. The molecule has 0 spiro atoms. The molecule has 1 aliphatic heterocycles. The number of benzene rings is 3. The Bertz CT molecular complexity index is 1260. The normalized spacial score (nSPS) is 18.3. The molecule has 0 unspecified atom stereocenters. The van der Waals surface area contributed by atoms with Crippen LogP contribution in [0.2, 0.25) is 0 Å². The molecule has 2 N–H and O–H groups in total. The van der Waals surface area contributed by atoms with Crippen LogP contribution in [-0.4, -0.2) is 25.6 Å². The maximum absolute atomic E-state index is 13.9. The van der Waals surface area contributed by atoms with Crippen molar-refractivity contribution < 1.29 is 35.8 Å². The smallest absolute Gasteiger partial charge is 0.493 e. The summed E-state index contributed by atoms with van der Waals surface area (Å²) < 4.78 is 82.7. The molecule has 3 aromatic rings. The Labute approximate surface area is 187 Å². The number of rotatable bonds is 5. The van der Waals surface area contributed by atoms with Crippen molar-refractivity contribution >= 4 is 15.7 Å². The van der Waals surface area contributed by atoms with Gasteiger partial charge in [-0.1, -0.05) is 42.5 Å². The number of aliphatic hydroxyl groups is 1. The molecule has 10 heteroatoms. The minimum Gasteiger partial charge on any atom is -0.493 e. The molecule has 1 heterocycles. The molecule has 0 radical (unpaired) electrons. The maximum Gasteiger partial charge on any atom is 0.516 e. The summed E-state index contributed by atoms with van der Waals surface area (Å²) in [5, 5.41) is 10.8. The van der Waals surface area contributed by atoms with Crippen LogP contribution >= 0.6 is 0 Å². The van der Waals surface area contributed by atoms with Gasteiger partial charge in [0, 0.05) is 17.0 Å². The molecule has 174 valence electrons. The van der Waals surface area contributed by atoms with Gasteiger partial charge in [-0.3, -0.25) is 4.72 Å². The predicted molar refractivity (Wildman–Crippen MR) is 115 cm³/mol. The van der Waals surface area contributed by atoms with Gasteiger partial charge in [-0.05, 0) is 41.8 Å². The molecule has 0 fully saturated rings. The standard InChI is InChI=1S/C23H19F4NO4S/c24-17-7-9-20(28-33(30,31)23(25,26)27)19(12-17)15-6-8-18-21(11-15)32-13-16(22(18)29)10-14-4-2-1-3-5-14/h1-9,11-12,16,22,28-29H,10,13H2/t16-,22+/m0/s1. The lowest BCUT2D eigenvalue weighted by atomic mass is 9.87. The molecular formula is C23H19F4NO4S. The molecule has 0 aromatic heterocycles. The van der Waals surface area contributed by atoms with Crippen LogP contribution in [0.1, 0.15) is 17.2 Å². The first kappa shape index (κ1) is 23.1. The first-order valence-electron chi connectivity index (χ1n) is 9.93. The molecule has 2 atom stereocenters. The van der Waals surface area contributed by atoms with Crippen LogP contribution in [0.15, 0.2) is 66.7 Å². The number of fused-ring (bicyclic) bond motifs is 1. The number of halogens is 4. The van der Waals surface area contributed by atoms with Gasteiger partial charge in [-0.2, -0.15) is 21.6 Å². The van der Waals surface area contributed by atoms with Crippen molar-refractivity contribution in [1.29, 1.82) is 0 Å².